The number of alkyl halides is 1. The predicted octanol–water partition coefficient (Wildman–Crippen LogP) is 1.07. The van der Waals surface area contributed by atoms with Crippen LogP contribution in [0.4, 0.5) is 0 Å². The molecule has 0 radical (unpaired) electrons. The number of carbonyl (C=O) groups is 1. The van der Waals surface area contributed by atoms with Crippen LogP contribution < -0.4 is 5.76 Å². The van der Waals surface area contributed by atoms with Crippen LogP contribution in [0.25, 0.3) is 11.1 Å². The first-order chi connectivity index (χ1) is 12.3. The Labute approximate surface area is 156 Å². The van der Waals surface area contributed by atoms with E-state index < -0.39 is 21.2 Å². The first-order valence-corrected chi connectivity index (χ1v) is 10.2. The Hall–Kier alpha value is -1.84. The van der Waals surface area contributed by atoms with E-state index in [0.717, 1.165) is 0 Å². The van der Waals surface area contributed by atoms with Crippen molar-refractivity contribution in [3.8, 4) is 0 Å². The number of aryl methyl sites for hydroxylation is 1. The molecule has 1 amide bonds. The van der Waals surface area contributed by atoms with Gasteiger partial charge in [0, 0.05) is 38.8 Å². The zero-order valence-corrected chi connectivity index (χ0v) is 16.1. The zero-order chi connectivity index (χ0) is 19.1. The number of hydrogen-bond acceptors (Lipinski definition) is 5. The number of rotatable bonds is 4. The Kier molecular flexibility index (Phi) is 5.14. The molecule has 1 aliphatic rings. The van der Waals surface area contributed by atoms with Crippen LogP contribution in [0.15, 0.2) is 32.3 Å². The normalized spacial score (nSPS) is 17.6. The molecule has 26 heavy (non-hydrogen) atoms. The highest BCUT2D eigenvalue weighted by atomic mass is 35.5. The molecule has 142 valence electrons. The van der Waals surface area contributed by atoms with Crippen LogP contribution in [0.5, 0.6) is 0 Å². The molecule has 1 fully saturated rings. The van der Waals surface area contributed by atoms with E-state index in [-0.39, 0.29) is 29.5 Å². The number of amides is 1. The summed E-state index contributed by atoms with van der Waals surface area (Å²) in [6, 6.07) is 4.42. The third kappa shape index (κ3) is 3.26. The first kappa shape index (κ1) is 18.9. The lowest BCUT2D eigenvalue weighted by Crippen LogP contribution is -2.51. The highest BCUT2D eigenvalue weighted by molar-refractivity contribution is 7.89. The van der Waals surface area contributed by atoms with E-state index in [2.05, 4.69) is 0 Å². The van der Waals surface area contributed by atoms with Gasteiger partial charge in [-0.25, -0.2) is 13.2 Å². The summed E-state index contributed by atoms with van der Waals surface area (Å²) in [5, 5.41) is -0.633. The molecule has 1 aliphatic heterocycles. The summed E-state index contributed by atoms with van der Waals surface area (Å²) in [5.41, 5.74) is 0.797. The smallest absolute Gasteiger partial charge is 0.408 e. The number of halogens is 1. The molecule has 0 bridgehead atoms. The van der Waals surface area contributed by atoms with Gasteiger partial charge < -0.3 is 9.32 Å². The van der Waals surface area contributed by atoms with E-state index in [0.29, 0.717) is 25.2 Å². The SMILES string of the molecule is CCn1c(=O)oc2cc(S(=O)(=O)N3CCN(C(=O)C(C)Cl)CC3)ccc21. The third-order valence-electron chi connectivity index (χ3n) is 4.48. The second-order valence-electron chi connectivity index (χ2n) is 6.09. The fraction of sp³-hybridized carbons (Fsp3) is 0.500. The molecular formula is C16H20ClN3O5S. The molecule has 2 aromatic rings. The summed E-state index contributed by atoms with van der Waals surface area (Å²) in [6.07, 6.45) is 0. The van der Waals surface area contributed by atoms with Gasteiger partial charge in [-0.2, -0.15) is 4.31 Å². The summed E-state index contributed by atoms with van der Waals surface area (Å²) < 4.78 is 33.6. The molecule has 0 aliphatic carbocycles. The highest BCUT2D eigenvalue weighted by Gasteiger charge is 2.31. The molecule has 1 unspecified atom stereocenters. The van der Waals surface area contributed by atoms with E-state index in [1.54, 1.807) is 17.9 Å². The number of carbonyl (C=O) groups excluding carboxylic acids is 1. The molecule has 0 saturated carbocycles. The summed E-state index contributed by atoms with van der Waals surface area (Å²) in [7, 11) is -3.74. The summed E-state index contributed by atoms with van der Waals surface area (Å²) in [6.45, 7) is 4.80. The van der Waals surface area contributed by atoms with Gasteiger partial charge in [0.1, 0.15) is 5.38 Å². The number of aromatic nitrogens is 1. The van der Waals surface area contributed by atoms with Crippen molar-refractivity contribution in [2.75, 3.05) is 26.2 Å². The average molecular weight is 402 g/mol. The van der Waals surface area contributed by atoms with Crippen LogP contribution in [0, 0.1) is 0 Å². The maximum absolute atomic E-state index is 12.9. The van der Waals surface area contributed by atoms with Crippen LogP contribution in [-0.2, 0) is 21.4 Å². The summed E-state index contributed by atoms with van der Waals surface area (Å²) >= 11 is 5.80. The molecule has 2 heterocycles. The van der Waals surface area contributed by atoms with Crippen molar-refractivity contribution in [3.63, 3.8) is 0 Å². The minimum Gasteiger partial charge on any atom is -0.408 e. The van der Waals surface area contributed by atoms with Crippen LogP contribution in [0.2, 0.25) is 0 Å². The van der Waals surface area contributed by atoms with Gasteiger partial charge in [0.15, 0.2) is 5.58 Å². The van der Waals surface area contributed by atoms with Crippen molar-refractivity contribution >= 4 is 38.6 Å². The minimum absolute atomic E-state index is 0.0625. The van der Waals surface area contributed by atoms with Crippen molar-refractivity contribution in [1.29, 1.82) is 0 Å². The number of piperazine rings is 1. The van der Waals surface area contributed by atoms with Crippen molar-refractivity contribution in [1.82, 2.24) is 13.8 Å². The molecule has 8 nitrogen and oxygen atoms in total. The van der Waals surface area contributed by atoms with Crippen molar-refractivity contribution in [3.05, 3.63) is 28.7 Å². The number of sulfonamides is 1. The largest absolute Gasteiger partial charge is 0.419 e. The minimum atomic E-state index is -3.74. The van der Waals surface area contributed by atoms with Gasteiger partial charge in [0.05, 0.1) is 10.4 Å². The van der Waals surface area contributed by atoms with Gasteiger partial charge in [-0.1, -0.05) is 0 Å². The maximum Gasteiger partial charge on any atom is 0.419 e. The van der Waals surface area contributed by atoms with Gasteiger partial charge in [0.2, 0.25) is 15.9 Å². The highest BCUT2D eigenvalue weighted by Crippen LogP contribution is 2.23. The van der Waals surface area contributed by atoms with Crippen LogP contribution in [-0.4, -0.2) is 59.7 Å². The summed E-state index contributed by atoms with van der Waals surface area (Å²) in [5.74, 6) is -0.716. The fourth-order valence-electron chi connectivity index (χ4n) is 3.06. The average Bonchev–Trinajstić information content (AvgIpc) is 2.95. The Balaban J connectivity index is 1.84. The van der Waals surface area contributed by atoms with E-state index in [9.17, 15) is 18.0 Å². The topological polar surface area (TPSA) is 92.8 Å². The van der Waals surface area contributed by atoms with E-state index in [1.165, 1.54) is 21.0 Å². The molecule has 0 spiro atoms. The molecule has 1 aromatic carbocycles. The molecule has 3 rings (SSSR count). The van der Waals surface area contributed by atoms with Gasteiger partial charge >= 0.3 is 5.76 Å². The number of nitrogens with zero attached hydrogens (tertiary/aromatic N) is 3. The molecule has 1 saturated heterocycles. The number of fused-ring (bicyclic) bond motifs is 1. The molecule has 10 heteroatoms. The van der Waals surface area contributed by atoms with Crippen LogP contribution in [0.1, 0.15) is 13.8 Å². The van der Waals surface area contributed by atoms with Crippen LogP contribution >= 0.6 is 11.6 Å². The molecule has 1 aromatic heterocycles. The Morgan fingerprint density at radius 3 is 2.50 bits per heavy atom. The van der Waals surface area contributed by atoms with E-state index in [4.69, 9.17) is 16.0 Å². The standard InChI is InChI=1S/C16H20ClN3O5S/c1-3-20-13-5-4-12(10-14(13)25-16(20)22)26(23,24)19-8-6-18(7-9-19)15(21)11(2)17/h4-5,10-11H,3,6-9H2,1-2H3. The van der Waals surface area contributed by atoms with Gasteiger partial charge in [0.25, 0.3) is 0 Å². The maximum atomic E-state index is 12.9. The molecular weight excluding hydrogens is 382 g/mol. The van der Waals surface area contributed by atoms with E-state index >= 15 is 0 Å². The number of oxazole rings is 1. The number of benzene rings is 1. The second-order valence-corrected chi connectivity index (χ2v) is 8.68. The van der Waals surface area contributed by atoms with E-state index in [1.807, 2.05) is 6.92 Å². The Morgan fingerprint density at radius 2 is 1.92 bits per heavy atom. The Morgan fingerprint density at radius 1 is 1.27 bits per heavy atom. The van der Waals surface area contributed by atoms with Gasteiger partial charge in [-0.05, 0) is 26.0 Å². The first-order valence-electron chi connectivity index (χ1n) is 8.32. The molecule has 0 N–H and O–H groups in total. The fourth-order valence-corrected chi connectivity index (χ4v) is 4.63. The molecule has 1 atom stereocenters. The lowest BCUT2D eigenvalue weighted by Gasteiger charge is -2.34. The number of hydrogen-bond donors (Lipinski definition) is 0. The van der Waals surface area contributed by atoms with Gasteiger partial charge in [-0.3, -0.25) is 9.36 Å². The van der Waals surface area contributed by atoms with Crippen LogP contribution in [0.3, 0.4) is 0 Å². The monoisotopic (exact) mass is 401 g/mol. The van der Waals surface area contributed by atoms with Crippen molar-refractivity contribution in [2.45, 2.75) is 30.7 Å². The quantitative estimate of drug-likeness (QED) is 0.714. The summed E-state index contributed by atoms with van der Waals surface area (Å²) in [4.78, 5) is 25.3. The lowest BCUT2D eigenvalue weighted by molar-refractivity contribution is -0.131. The van der Waals surface area contributed by atoms with Crippen molar-refractivity contribution < 1.29 is 17.6 Å². The lowest BCUT2D eigenvalue weighted by atomic mass is 10.3. The Bertz CT molecular complexity index is 987. The second kappa shape index (κ2) is 7.05. The predicted molar refractivity (Wildman–Crippen MR) is 96.8 cm³/mol. The van der Waals surface area contributed by atoms with Gasteiger partial charge in [-0.15, -0.1) is 11.6 Å². The van der Waals surface area contributed by atoms with Crippen molar-refractivity contribution in [2.24, 2.45) is 0 Å². The zero-order valence-electron chi connectivity index (χ0n) is 14.5. The third-order valence-corrected chi connectivity index (χ3v) is 6.57.